The van der Waals surface area contributed by atoms with Crippen LogP contribution >= 0.6 is 0 Å². The van der Waals surface area contributed by atoms with Crippen molar-refractivity contribution in [3.05, 3.63) is 24.2 Å². The van der Waals surface area contributed by atoms with E-state index in [1.807, 2.05) is 12.1 Å². The van der Waals surface area contributed by atoms with Gasteiger partial charge in [-0.15, -0.1) is 0 Å². The minimum absolute atomic E-state index is 0.0263. The molecule has 2 heterocycles. The van der Waals surface area contributed by atoms with E-state index in [4.69, 9.17) is 5.73 Å². The van der Waals surface area contributed by atoms with Crippen LogP contribution in [0.15, 0.2) is 18.3 Å². The highest BCUT2D eigenvalue weighted by Crippen LogP contribution is 2.25. The first-order chi connectivity index (χ1) is 8.50. The largest absolute Gasteiger partial charge is 0.321 e. The van der Waals surface area contributed by atoms with E-state index < -0.39 is 0 Å². The number of pyridine rings is 1. The molecule has 0 aromatic carbocycles. The summed E-state index contributed by atoms with van der Waals surface area (Å²) in [7, 11) is 0. The number of hydrogen-bond donors (Lipinski definition) is 1. The molecule has 0 fully saturated rings. The Balaban J connectivity index is 2.52. The first kappa shape index (κ1) is 13.0. The van der Waals surface area contributed by atoms with E-state index in [9.17, 15) is 0 Å². The molecular formula is C14H22N4. The highest BCUT2D eigenvalue weighted by Gasteiger charge is 2.20. The number of nitrogens with two attached hydrogens (primary N) is 1. The van der Waals surface area contributed by atoms with Crippen LogP contribution < -0.4 is 5.73 Å². The Hall–Kier alpha value is -1.42. The third kappa shape index (κ3) is 2.38. The van der Waals surface area contributed by atoms with Crippen LogP contribution in [-0.4, -0.2) is 14.5 Å². The molecule has 1 atom stereocenters. The van der Waals surface area contributed by atoms with Gasteiger partial charge in [-0.05, 0) is 38.3 Å². The normalized spacial score (nSPS) is 13.7. The molecule has 0 bridgehead atoms. The van der Waals surface area contributed by atoms with E-state index in [-0.39, 0.29) is 6.04 Å². The molecule has 0 saturated heterocycles. The molecule has 4 heteroatoms. The van der Waals surface area contributed by atoms with Gasteiger partial charge in [-0.25, -0.2) is 9.97 Å². The molecule has 2 aromatic rings. The SMILES string of the molecule is CC(C)C[C@@H](N)c1nc2cccnc2n1C(C)C. The fourth-order valence-electron chi connectivity index (χ4n) is 2.33. The maximum Gasteiger partial charge on any atom is 0.160 e. The number of hydrogen-bond acceptors (Lipinski definition) is 3. The molecule has 2 N–H and O–H groups in total. The number of fused-ring (bicyclic) bond motifs is 1. The summed E-state index contributed by atoms with van der Waals surface area (Å²) < 4.78 is 2.16. The van der Waals surface area contributed by atoms with Crippen molar-refractivity contribution < 1.29 is 0 Å². The molecule has 0 unspecified atom stereocenters. The second-order valence-electron chi connectivity index (χ2n) is 5.52. The third-order valence-electron chi connectivity index (χ3n) is 3.05. The van der Waals surface area contributed by atoms with Gasteiger partial charge < -0.3 is 10.3 Å². The lowest BCUT2D eigenvalue weighted by Gasteiger charge is -2.18. The Bertz CT molecular complexity index is 528. The molecule has 0 saturated carbocycles. The van der Waals surface area contributed by atoms with Crippen molar-refractivity contribution in [2.75, 3.05) is 0 Å². The van der Waals surface area contributed by atoms with E-state index in [1.165, 1.54) is 0 Å². The standard InChI is InChI=1S/C14H22N4/c1-9(2)8-11(15)13-17-12-6-5-7-16-14(12)18(13)10(3)4/h5-7,9-11H,8,15H2,1-4H3/t11-/m1/s1. The summed E-state index contributed by atoms with van der Waals surface area (Å²) in [5.74, 6) is 1.51. The first-order valence-electron chi connectivity index (χ1n) is 6.59. The maximum atomic E-state index is 6.29. The van der Waals surface area contributed by atoms with Gasteiger partial charge in [-0.1, -0.05) is 13.8 Å². The molecule has 18 heavy (non-hydrogen) atoms. The summed E-state index contributed by atoms with van der Waals surface area (Å²) in [5.41, 5.74) is 8.15. The summed E-state index contributed by atoms with van der Waals surface area (Å²) in [4.78, 5) is 9.09. The lowest BCUT2D eigenvalue weighted by molar-refractivity contribution is 0.462. The zero-order valence-corrected chi connectivity index (χ0v) is 11.6. The fourth-order valence-corrected chi connectivity index (χ4v) is 2.33. The summed E-state index contributed by atoms with van der Waals surface area (Å²) in [6.45, 7) is 8.64. The van der Waals surface area contributed by atoms with Crippen LogP contribution in [0.1, 0.15) is 52.0 Å². The van der Waals surface area contributed by atoms with Gasteiger partial charge >= 0.3 is 0 Å². The summed E-state index contributed by atoms with van der Waals surface area (Å²) in [6, 6.07) is 4.20. The molecular weight excluding hydrogens is 224 g/mol. The van der Waals surface area contributed by atoms with Crippen LogP contribution in [0, 0.1) is 5.92 Å². The van der Waals surface area contributed by atoms with Gasteiger partial charge in [-0.3, -0.25) is 0 Å². The summed E-state index contributed by atoms with van der Waals surface area (Å²) in [6.07, 6.45) is 2.75. The second kappa shape index (κ2) is 5.06. The zero-order valence-electron chi connectivity index (χ0n) is 11.6. The predicted molar refractivity (Wildman–Crippen MR) is 74.3 cm³/mol. The van der Waals surface area contributed by atoms with Crippen molar-refractivity contribution >= 4 is 11.2 Å². The Morgan fingerprint density at radius 3 is 2.61 bits per heavy atom. The zero-order chi connectivity index (χ0) is 13.3. The monoisotopic (exact) mass is 246 g/mol. The van der Waals surface area contributed by atoms with Gasteiger partial charge in [0.05, 0.1) is 6.04 Å². The van der Waals surface area contributed by atoms with Crippen LogP contribution in [0.25, 0.3) is 11.2 Å². The van der Waals surface area contributed by atoms with E-state index in [0.29, 0.717) is 12.0 Å². The molecule has 0 aliphatic heterocycles. The first-order valence-corrected chi connectivity index (χ1v) is 6.59. The molecule has 4 nitrogen and oxygen atoms in total. The Morgan fingerprint density at radius 2 is 2.00 bits per heavy atom. The quantitative estimate of drug-likeness (QED) is 0.902. The minimum atomic E-state index is -0.0263. The van der Waals surface area contributed by atoms with Crippen LogP contribution in [0.2, 0.25) is 0 Å². The van der Waals surface area contributed by atoms with Crippen molar-refractivity contribution in [2.24, 2.45) is 11.7 Å². The van der Waals surface area contributed by atoms with E-state index >= 15 is 0 Å². The van der Waals surface area contributed by atoms with Crippen LogP contribution in [0.3, 0.4) is 0 Å². The molecule has 0 aliphatic rings. The van der Waals surface area contributed by atoms with Crippen molar-refractivity contribution in [2.45, 2.75) is 46.2 Å². The number of nitrogens with zero attached hydrogens (tertiary/aromatic N) is 3. The molecule has 2 rings (SSSR count). The Morgan fingerprint density at radius 1 is 1.28 bits per heavy atom. The minimum Gasteiger partial charge on any atom is -0.321 e. The lowest BCUT2D eigenvalue weighted by atomic mass is 10.0. The van der Waals surface area contributed by atoms with E-state index in [2.05, 4.69) is 42.2 Å². The van der Waals surface area contributed by atoms with Crippen LogP contribution in [0.4, 0.5) is 0 Å². The second-order valence-corrected chi connectivity index (χ2v) is 5.52. The van der Waals surface area contributed by atoms with Gasteiger partial charge in [-0.2, -0.15) is 0 Å². The van der Waals surface area contributed by atoms with E-state index in [0.717, 1.165) is 23.4 Å². The van der Waals surface area contributed by atoms with E-state index in [1.54, 1.807) is 6.20 Å². The van der Waals surface area contributed by atoms with Gasteiger partial charge in [0.25, 0.3) is 0 Å². The van der Waals surface area contributed by atoms with Gasteiger partial charge in [0.1, 0.15) is 11.3 Å². The van der Waals surface area contributed by atoms with Crippen LogP contribution in [0.5, 0.6) is 0 Å². The van der Waals surface area contributed by atoms with Crippen LogP contribution in [-0.2, 0) is 0 Å². The molecule has 98 valence electrons. The Kier molecular flexibility index (Phi) is 3.66. The highest BCUT2D eigenvalue weighted by atomic mass is 15.2. The van der Waals surface area contributed by atoms with Gasteiger partial charge in [0.2, 0.25) is 0 Å². The Labute approximate surface area is 108 Å². The van der Waals surface area contributed by atoms with Crippen molar-refractivity contribution in [3.63, 3.8) is 0 Å². The predicted octanol–water partition coefficient (Wildman–Crippen LogP) is 3.06. The average Bonchev–Trinajstić information content (AvgIpc) is 2.67. The number of imidazole rings is 1. The molecule has 0 aliphatic carbocycles. The highest BCUT2D eigenvalue weighted by molar-refractivity contribution is 5.71. The summed E-state index contributed by atoms with van der Waals surface area (Å²) >= 11 is 0. The number of rotatable bonds is 4. The van der Waals surface area contributed by atoms with Gasteiger partial charge in [0.15, 0.2) is 5.65 Å². The summed E-state index contributed by atoms with van der Waals surface area (Å²) in [5, 5.41) is 0. The average molecular weight is 246 g/mol. The molecule has 0 amide bonds. The van der Waals surface area contributed by atoms with Gasteiger partial charge in [0, 0.05) is 12.2 Å². The molecule has 2 aromatic heterocycles. The van der Waals surface area contributed by atoms with Crippen molar-refractivity contribution in [1.29, 1.82) is 0 Å². The number of aromatic nitrogens is 3. The van der Waals surface area contributed by atoms with Crippen molar-refractivity contribution in [1.82, 2.24) is 14.5 Å². The maximum absolute atomic E-state index is 6.29. The molecule has 0 radical (unpaired) electrons. The third-order valence-corrected chi connectivity index (χ3v) is 3.05. The smallest absolute Gasteiger partial charge is 0.160 e. The molecule has 0 spiro atoms. The van der Waals surface area contributed by atoms with Crippen molar-refractivity contribution in [3.8, 4) is 0 Å². The fraction of sp³-hybridized carbons (Fsp3) is 0.571. The topological polar surface area (TPSA) is 56.7 Å². The lowest BCUT2D eigenvalue weighted by Crippen LogP contribution is -2.19.